The number of morpholine rings is 1. The molecule has 2 aliphatic rings. The van der Waals surface area contributed by atoms with Gasteiger partial charge in [0.2, 0.25) is 0 Å². The topological polar surface area (TPSA) is 50.8 Å². The van der Waals surface area contributed by atoms with Crippen LogP contribution in [0.4, 0.5) is 0 Å². The molecule has 0 spiro atoms. The molecule has 0 bridgehead atoms. The van der Waals surface area contributed by atoms with E-state index in [1.165, 1.54) is 11.8 Å². The highest BCUT2D eigenvalue weighted by molar-refractivity contribution is 8.26. The molecule has 4 rings (SSSR count). The van der Waals surface area contributed by atoms with Crippen molar-refractivity contribution >= 4 is 63.5 Å². The summed E-state index contributed by atoms with van der Waals surface area (Å²) in [5.41, 5.74) is 2.47. The van der Waals surface area contributed by atoms with Gasteiger partial charge in [0.1, 0.15) is 16.7 Å². The number of amides is 1. The van der Waals surface area contributed by atoms with E-state index in [1.807, 2.05) is 24.3 Å². The first-order valence-corrected chi connectivity index (χ1v) is 11.7. The number of halogens is 2. The van der Waals surface area contributed by atoms with E-state index < -0.39 is 0 Å². The summed E-state index contributed by atoms with van der Waals surface area (Å²) in [5, 5.41) is 3.84. The van der Waals surface area contributed by atoms with E-state index in [1.54, 1.807) is 18.2 Å². The summed E-state index contributed by atoms with van der Waals surface area (Å²) in [5.74, 6) is 0.481. The van der Waals surface area contributed by atoms with Gasteiger partial charge in [-0.1, -0.05) is 53.2 Å². The maximum atomic E-state index is 12.2. The molecule has 2 saturated heterocycles. The third-order valence-corrected chi connectivity index (χ3v) is 6.67. The van der Waals surface area contributed by atoms with Crippen molar-refractivity contribution in [3.8, 4) is 16.9 Å². The average molecular weight is 495 g/mol. The average Bonchev–Trinajstić information content (AvgIpc) is 3.08. The van der Waals surface area contributed by atoms with Crippen molar-refractivity contribution in [2.45, 2.75) is 0 Å². The van der Waals surface area contributed by atoms with Gasteiger partial charge in [-0.15, -0.1) is 0 Å². The van der Waals surface area contributed by atoms with Gasteiger partial charge in [-0.2, -0.15) is 0 Å². The molecule has 0 radical (unpaired) electrons. The van der Waals surface area contributed by atoms with Crippen molar-refractivity contribution in [1.29, 1.82) is 0 Å². The lowest BCUT2D eigenvalue weighted by Gasteiger charge is -2.26. The van der Waals surface area contributed by atoms with E-state index in [-0.39, 0.29) is 5.91 Å². The Bertz CT molecular complexity index is 1040. The van der Waals surface area contributed by atoms with Gasteiger partial charge in [0.05, 0.1) is 18.1 Å². The molecule has 0 aromatic heterocycles. The van der Waals surface area contributed by atoms with Crippen LogP contribution in [0.1, 0.15) is 5.56 Å². The number of thioether (sulfide) groups is 1. The summed E-state index contributed by atoms with van der Waals surface area (Å²) >= 11 is 18.9. The molecule has 1 amide bonds. The van der Waals surface area contributed by atoms with Crippen molar-refractivity contribution in [3.63, 3.8) is 0 Å². The molecule has 2 fully saturated rings. The minimum atomic E-state index is -0.208. The second-order valence-electron chi connectivity index (χ2n) is 7.03. The third kappa shape index (κ3) is 5.80. The number of carbonyl (C=O) groups excluding carboxylic acids is 1. The molecule has 0 saturated carbocycles. The first kappa shape index (κ1) is 22.6. The highest BCUT2D eigenvalue weighted by atomic mass is 35.5. The molecule has 162 valence electrons. The summed E-state index contributed by atoms with van der Waals surface area (Å²) in [4.78, 5) is 15.0. The molecule has 0 aliphatic carbocycles. The molecular formula is C22H20Cl2N2O3S2. The maximum Gasteiger partial charge on any atom is 0.263 e. The zero-order valence-corrected chi connectivity index (χ0v) is 19.7. The van der Waals surface area contributed by atoms with Crippen LogP contribution < -0.4 is 10.1 Å². The predicted octanol–water partition coefficient (Wildman–Crippen LogP) is 4.86. The fourth-order valence-electron chi connectivity index (χ4n) is 3.35. The fraction of sp³-hybridized carbons (Fsp3) is 0.273. The number of hydrogen-bond donors (Lipinski definition) is 1. The van der Waals surface area contributed by atoms with Crippen LogP contribution in [0.25, 0.3) is 17.2 Å². The van der Waals surface area contributed by atoms with Crippen LogP contribution in [-0.2, 0) is 9.53 Å². The Morgan fingerprint density at radius 1 is 1.19 bits per heavy atom. The Labute approximate surface area is 200 Å². The van der Waals surface area contributed by atoms with Crippen molar-refractivity contribution in [1.82, 2.24) is 10.2 Å². The van der Waals surface area contributed by atoms with Crippen molar-refractivity contribution in [2.24, 2.45) is 0 Å². The lowest BCUT2D eigenvalue weighted by atomic mass is 10.0. The van der Waals surface area contributed by atoms with E-state index >= 15 is 0 Å². The van der Waals surface area contributed by atoms with Gasteiger partial charge < -0.3 is 14.8 Å². The Hall–Kier alpha value is -1.61. The van der Waals surface area contributed by atoms with Crippen LogP contribution in [0, 0.1) is 0 Å². The number of ether oxygens (including phenoxy) is 2. The minimum Gasteiger partial charge on any atom is -0.492 e. The quantitative estimate of drug-likeness (QED) is 0.457. The monoisotopic (exact) mass is 494 g/mol. The van der Waals surface area contributed by atoms with Gasteiger partial charge in [0.25, 0.3) is 5.91 Å². The summed E-state index contributed by atoms with van der Waals surface area (Å²) in [7, 11) is 0. The lowest BCUT2D eigenvalue weighted by Crippen LogP contribution is -2.38. The number of carbonyl (C=O) groups is 1. The van der Waals surface area contributed by atoms with Crippen molar-refractivity contribution in [3.05, 3.63) is 56.9 Å². The first-order chi connectivity index (χ1) is 15.0. The van der Waals surface area contributed by atoms with Gasteiger partial charge >= 0.3 is 0 Å². The Balaban J connectivity index is 1.61. The molecule has 0 unspecified atom stereocenters. The lowest BCUT2D eigenvalue weighted by molar-refractivity contribution is -0.115. The number of rotatable bonds is 6. The predicted molar refractivity (Wildman–Crippen MR) is 131 cm³/mol. The molecule has 9 heteroatoms. The number of thiocarbonyl (C=S) groups is 1. The van der Waals surface area contributed by atoms with E-state index in [9.17, 15) is 4.79 Å². The highest BCUT2D eigenvalue weighted by Gasteiger charge is 2.23. The molecule has 1 N–H and O–H groups in total. The van der Waals surface area contributed by atoms with Crippen molar-refractivity contribution in [2.75, 3.05) is 39.5 Å². The molecule has 2 aromatic carbocycles. The fourth-order valence-corrected chi connectivity index (χ4v) is 4.78. The summed E-state index contributed by atoms with van der Waals surface area (Å²) in [6, 6.07) is 11.1. The molecule has 31 heavy (non-hydrogen) atoms. The Morgan fingerprint density at radius 2 is 2.00 bits per heavy atom. The summed E-state index contributed by atoms with van der Waals surface area (Å²) in [6.07, 6.45) is 1.80. The van der Waals surface area contributed by atoms with Crippen molar-refractivity contribution < 1.29 is 14.3 Å². The van der Waals surface area contributed by atoms with Crippen LogP contribution in [0.15, 0.2) is 41.3 Å². The molecule has 2 aliphatic heterocycles. The highest BCUT2D eigenvalue weighted by Crippen LogP contribution is 2.35. The van der Waals surface area contributed by atoms with E-state index in [2.05, 4.69) is 10.2 Å². The van der Waals surface area contributed by atoms with E-state index in [0.29, 0.717) is 31.6 Å². The smallest absolute Gasteiger partial charge is 0.263 e. The zero-order chi connectivity index (χ0) is 21.8. The van der Waals surface area contributed by atoms with Crippen LogP contribution in [0.5, 0.6) is 5.75 Å². The normalized spacial score (nSPS) is 18.5. The standard InChI is InChI=1S/C22H20Cl2N2O3S2/c23-16-2-3-18(24)17(13-16)14-1-4-19(29-10-7-26-5-8-28-9-6-26)15(11-14)12-20-21(27)25-22(30)31-20/h1-4,11-13H,5-10H2,(H,25,27,30)/b20-12-. The largest absolute Gasteiger partial charge is 0.492 e. The molecule has 2 heterocycles. The maximum absolute atomic E-state index is 12.2. The third-order valence-electron chi connectivity index (χ3n) is 4.95. The minimum absolute atomic E-state index is 0.208. The molecule has 2 aromatic rings. The first-order valence-electron chi connectivity index (χ1n) is 9.77. The number of benzene rings is 2. The zero-order valence-electron chi connectivity index (χ0n) is 16.5. The number of nitrogens with one attached hydrogen (secondary N) is 1. The van der Waals surface area contributed by atoms with Gasteiger partial charge in [-0.3, -0.25) is 9.69 Å². The Kier molecular flexibility index (Phi) is 7.53. The van der Waals surface area contributed by atoms with Gasteiger partial charge in [0.15, 0.2) is 0 Å². The van der Waals surface area contributed by atoms with Crippen LogP contribution in [-0.4, -0.2) is 54.6 Å². The SMILES string of the molecule is O=C1NC(=S)S/C1=C\c1cc(-c2cc(Cl)ccc2Cl)ccc1OCCN1CCOCC1. The number of hydrogen-bond acceptors (Lipinski definition) is 6. The molecule has 5 nitrogen and oxygen atoms in total. The summed E-state index contributed by atoms with van der Waals surface area (Å²) < 4.78 is 11.9. The van der Waals surface area contributed by atoms with Crippen LogP contribution in [0.3, 0.4) is 0 Å². The van der Waals surface area contributed by atoms with Gasteiger partial charge in [-0.25, -0.2) is 0 Å². The molecular weight excluding hydrogens is 475 g/mol. The van der Waals surface area contributed by atoms with Crippen LogP contribution >= 0.6 is 47.2 Å². The van der Waals surface area contributed by atoms with E-state index in [4.69, 9.17) is 44.9 Å². The van der Waals surface area contributed by atoms with Gasteiger partial charge in [0, 0.05) is 40.8 Å². The van der Waals surface area contributed by atoms with Gasteiger partial charge in [-0.05, 0) is 42.0 Å². The summed E-state index contributed by atoms with van der Waals surface area (Å²) in [6.45, 7) is 4.64. The second kappa shape index (κ2) is 10.3. The molecule has 0 atom stereocenters. The number of nitrogens with zero attached hydrogens (tertiary/aromatic N) is 1. The van der Waals surface area contributed by atoms with E-state index in [0.717, 1.165) is 49.5 Å². The second-order valence-corrected chi connectivity index (χ2v) is 9.59. The Morgan fingerprint density at radius 3 is 2.74 bits per heavy atom. The van der Waals surface area contributed by atoms with Crippen LogP contribution in [0.2, 0.25) is 10.0 Å².